The molecule has 1 aliphatic heterocycles. The number of para-hydroxylation sites is 1. The number of benzene rings is 1. The summed E-state index contributed by atoms with van der Waals surface area (Å²) in [5, 5.41) is 11.0. The van der Waals surface area contributed by atoms with Crippen molar-refractivity contribution in [2.75, 3.05) is 25.2 Å². The smallest absolute Gasteiger partial charge is 0.224 e. The van der Waals surface area contributed by atoms with Gasteiger partial charge in [0.25, 0.3) is 0 Å². The zero-order valence-electron chi connectivity index (χ0n) is 17.4. The number of fused-ring (bicyclic) bond motifs is 2. The number of aromatic amines is 1. The minimum atomic E-state index is -2.40. The van der Waals surface area contributed by atoms with E-state index in [0.29, 0.717) is 18.0 Å². The largest absolute Gasteiger partial charge is 0.360 e. The molecule has 6 nitrogen and oxygen atoms in total. The fourth-order valence-corrected chi connectivity index (χ4v) is 6.20. The molecule has 5 rings (SSSR count). The number of H-pyrrole nitrogens is 1. The minimum Gasteiger partial charge on any atom is -0.360 e. The van der Waals surface area contributed by atoms with Gasteiger partial charge in [0.1, 0.15) is 7.14 Å². The summed E-state index contributed by atoms with van der Waals surface area (Å²) >= 11 is 1.65. The first kappa shape index (κ1) is 19.7. The maximum atomic E-state index is 12.8. The van der Waals surface area contributed by atoms with E-state index in [1.54, 1.807) is 11.3 Å². The average Bonchev–Trinajstić information content (AvgIpc) is 3.35. The molecule has 30 heavy (non-hydrogen) atoms. The summed E-state index contributed by atoms with van der Waals surface area (Å²) in [7, 11) is -2.40. The van der Waals surface area contributed by atoms with Gasteiger partial charge in [0.2, 0.25) is 5.95 Å². The van der Waals surface area contributed by atoms with Gasteiger partial charge in [-0.3, -0.25) is 0 Å². The first-order chi connectivity index (χ1) is 14.4. The van der Waals surface area contributed by atoms with Crippen LogP contribution in [0.4, 0.5) is 5.95 Å². The number of thiophene rings is 1. The Hall–Kier alpha value is -2.21. The van der Waals surface area contributed by atoms with Crippen LogP contribution in [-0.4, -0.2) is 46.9 Å². The molecule has 2 atom stereocenters. The van der Waals surface area contributed by atoms with Crippen molar-refractivity contribution >= 4 is 50.9 Å². The van der Waals surface area contributed by atoms with Gasteiger partial charge >= 0.3 is 0 Å². The molecule has 0 saturated carbocycles. The van der Waals surface area contributed by atoms with Crippen molar-refractivity contribution in [1.82, 2.24) is 20.3 Å². The predicted octanol–water partition coefficient (Wildman–Crippen LogP) is 4.64. The summed E-state index contributed by atoms with van der Waals surface area (Å²) in [4.78, 5) is 13.1. The summed E-state index contributed by atoms with van der Waals surface area (Å²) in [6, 6.07) is 8.94. The zero-order valence-corrected chi connectivity index (χ0v) is 19.1. The van der Waals surface area contributed by atoms with E-state index in [-0.39, 0.29) is 0 Å². The number of piperidine rings is 1. The highest BCUT2D eigenvalue weighted by Gasteiger charge is 2.22. The highest BCUT2D eigenvalue weighted by molar-refractivity contribution is 7.70. The number of hydrogen-bond donors (Lipinski definition) is 3. The highest BCUT2D eigenvalue weighted by atomic mass is 32.1. The van der Waals surface area contributed by atoms with Crippen molar-refractivity contribution in [2.45, 2.75) is 31.8 Å². The predicted molar refractivity (Wildman–Crippen MR) is 128 cm³/mol. The second-order valence-corrected chi connectivity index (χ2v) is 12.6. The summed E-state index contributed by atoms with van der Waals surface area (Å²) in [5.41, 5.74) is 3.82. The zero-order chi connectivity index (χ0) is 20.9. The lowest BCUT2D eigenvalue weighted by atomic mass is 10.0. The normalized spacial score (nSPS) is 20.1. The number of rotatable bonds is 4. The van der Waals surface area contributed by atoms with Crippen LogP contribution in [0.15, 0.2) is 35.8 Å². The molecule has 0 radical (unpaired) electrons. The second kappa shape index (κ2) is 7.49. The van der Waals surface area contributed by atoms with Crippen molar-refractivity contribution in [2.24, 2.45) is 0 Å². The lowest BCUT2D eigenvalue weighted by Gasteiger charge is -2.28. The van der Waals surface area contributed by atoms with Gasteiger partial charge in [-0.2, -0.15) is 0 Å². The van der Waals surface area contributed by atoms with Crippen LogP contribution in [0.2, 0.25) is 0 Å². The molecule has 0 aliphatic carbocycles. The Bertz CT molecular complexity index is 1270. The maximum absolute atomic E-state index is 12.8. The molecule has 4 aromatic rings. The molecule has 0 amide bonds. The monoisotopic (exact) mass is 439 g/mol. The van der Waals surface area contributed by atoms with Gasteiger partial charge in [-0.25, -0.2) is 9.97 Å². The molecule has 3 aromatic heterocycles. The number of hydrogen-bond acceptors (Lipinski definition) is 6. The Morgan fingerprint density at radius 1 is 1.20 bits per heavy atom. The van der Waals surface area contributed by atoms with Crippen LogP contribution in [0.25, 0.3) is 32.4 Å². The number of nitrogens with zero attached hydrogens (tertiary/aromatic N) is 2. The Labute approximate surface area is 179 Å². The lowest BCUT2D eigenvalue weighted by molar-refractivity contribution is 0.398. The molecular formula is C22H26N5OPS. The van der Waals surface area contributed by atoms with Crippen LogP contribution < -0.4 is 15.9 Å². The lowest BCUT2D eigenvalue weighted by Crippen LogP contribution is -2.43. The van der Waals surface area contributed by atoms with E-state index < -0.39 is 7.14 Å². The Morgan fingerprint density at radius 3 is 2.83 bits per heavy atom. The Morgan fingerprint density at radius 2 is 2.07 bits per heavy atom. The van der Waals surface area contributed by atoms with E-state index in [4.69, 9.17) is 9.97 Å². The van der Waals surface area contributed by atoms with Crippen molar-refractivity contribution in [3.8, 4) is 11.3 Å². The van der Waals surface area contributed by atoms with Crippen LogP contribution in [-0.2, 0) is 4.57 Å². The van der Waals surface area contributed by atoms with E-state index in [2.05, 4.69) is 34.0 Å². The maximum Gasteiger partial charge on any atom is 0.224 e. The molecule has 4 heterocycles. The Kier molecular flexibility index (Phi) is 4.92. The molecule has 0 unspecified atom stereocenters. The van der Waals surface area contributed by atoms with Crippen LogP contribution in [0, 0.1) is 0 Å². The number of nitrogens with one attached hydrogen (secondary N) is 3. The molecule has 8 heteroatoms. The van der Waals surface area contributed by atoms with Crippen molar-refractivity contribution in [3.05, 3.63) is 35.8 Å². The molecule has 1 aliphatic rings. The topological polar surface area (TPSA) is 82.7 Å². The van der Waals surface area contributed by atoms with Gasteiger partial charge in [0.05, 0.1) is 21.4 Å². The molecule has 156 valence electrons. The molecule has 1 fully saturated rings. The van der Waals surface area contributed by atoms with Crippen LogP contribution in [0.1, 0.15) is 19.8 Å². The van der Waals surface area contributed by atoms with Gasteiger partial charge in [0.15, 0.2) is 0 Å². The third kappa shape index (κ3) is 3.55. The molecule has 1 aromatic carbocycles. The SMILES string of the molecule is C[C@@H]1CC[C@H](Nc2nc(-c3c[nH]c4c(P(C)(C)=O)cccc34)c3sccc3n2)CN1. The molecular weight excluding hydrogens is 413 g/mol. The van der Waals surface area contributed by atoms with Gasteiger partial charge in [0, 0.05) is 41.1 Å². The highest BCUT2D eigenvalue weighted by Crippen LogP contribution is 2.40. The molecule has 3 N–H and O–H groups in total. The fraction of sp³-hybridized carbons (Fsp3) is 0.364. The van der Waals surface area contributed by atoms with E-state index in [1.165, 1.54) is 0 Å². The molecule has 0 spiro atoms. The van der Waals surface area contributed by atoms with Crippen LogP contribution >= 0.6 is 18.5 Å². The van der Waals surface area contributed by atoms with E-state index >= 15 is 0 Å². The van der Waals surface area contributed by atoms with E-state index in [9.17, 15) is 4.57 Å². The second-order valence-electron chi connectivity index (χ2n) is 8.51. The van der Waals surface area contributed by atoms with Gasteiger partial charge in [-0.1, -0.05) is 12.1 Å². The van der Waals surface area contributed by atoms with E-state index in [1.807, 2.05) is 37.7 Å². The minimum absolute atomic E-state index is 0.325. The number of aromatic nitrogens is 3. The van der Waals surface area contributed by atoms with Crippen LogP contribution in [0.3, 0.4) is 0 Å². The van der Waals surface area contributed by atoms with Gasteiger partial charge < -0.3 is 20.2 Å². The van der Waals surface area contributed by atoms with Crippen LogP contribution in [0.5, 0.6) is 0 Å². The van der Waals surface area contributed by atoms with E-state index in [0.717, 1.165) is 57.1 Å². The molecule has 0 bridgehead atoms. The summed E-state index contributed by atoms with van der Waals surface area (Å²) in [5.74, 6) is 0.666. The first-order valence-electron chi connectivity index (χ1n) is 10.3. The summed E-state index contributed by atoms with van der Waals surface area (Å²) in [6.07, 6.45) is 4.23. The van der Waals surface area contributed by atoms with Crippen molar-refractivity contribution in [3.63, 3.8) is 0 Å². The Balaban J connectivity index is 1.61. The quantitative estimate of drug-likeness (QED) is 0.404. The fourth-order valence-electron chi connectivity index (χ4n) is 4.20. The van der Waals surface area contributed by atoms with Crippen molar-refractivity contribution in [1.29, 1.82) is 0 Å². The van der Waals surface area contributed by atoms with Crippen molar-refractivity contribution < 1.29 is 4.57 Å². The first-order valence-corrected chi connectivity index (χ1v) is 13.8. The molecule has 1 saturated heterocycles. The summed E-state index contributed by atoms with van der Waals surface area (Å²) in [6.45, 7) is 6.76. The van der Waals surface area contributed by atoms with Gasteiger partial charge in [-0.15, -0.1) is 11.3 Å². The average molecular weight is 440 g/mol. The third-order valence-electron chi connectivity index (χ3n) is 5.83. The van der Waals surface area contributed by atoms with Gasteiger partial charge in [-0.05, 0) is 50.6 Å². The number of anilines is 1. The summed E-state index contributed by atoms with van der Waals surface area (Å²) < 4.78 is 13.9. The third-order valence-corrected chi connectivity index (χ3v) is 8.27. The standard InChI is InChI=1S/C22H26N5OPS/c1-13-7-8-14(11-23-13)25-22-26-17-9-10-30-21(17)20(27-22)16-12-24-19-15(16)5-4-6-18(19)29(2,3)28/h4-6,9-10,12-14,23-24H,7-8,11H2,1-3H3,(H,25,26,27)/t13-,14+/m1/s1.